The summed E-state index contributed by atoms with van der Waals surface area (Å²) in [7, 11) is 3.18. The predicted molar refractivity (Wildman–Crippen MR) is 104 cm³/mol. The van der Waals surface area contributed by atoms with Crippen LogP contribution in [0, 0.1) is 0 Å². The topological polar surface area (TPSA) is 59.9 Å². The quantitative estimate of drug-likeness (QED) is 0.636. The van der Waals surface area contributed by atoms with Crippen LogP contribution in [-0.4, -0.2) is 26.3 Å². The first-order valence-corrected chi connectivity index (χ1v) is 8.47. The Morgan fingerprint density at radius 2 is 1.77 bits per heavy atom. The van der Waals surface area contributed by atoms with Crippen LogP contribution in [0.4, 0.5) is 0 Å². The molecule has 0 aliphatic carbocycles. The molecule has 0 fully saturated rings. The second kappa shape index (κ2) is 8.52. The molecule has 0 aliphatic heterocycles. The second-order valence-electron chi connectivity index (χ2n) is 7.02. The minimum atomic E-state index is -0.174. The molecule has 1 N–H and O–H groups in total. The monoisotopic (exact) mass is 354 g/mol. The van der Waals surface area contributed by atoms with Crippen molar-refractivity contribution < 1.29 is 14.3 Å². The number of hydrogen-bond acceptors (Lipinski definition) is 4. The largest absolute Gasteiger partial charge is 0.497 e. The third-order valence-electron chi connectivity index (χ3n) is 4.01. The van der Waals surface area contributed by atoms with Crippen LogP contribution < -0.4 is 14.9 Å². The third-order valence-corrected chi connectivity index (χ3v) is 4.01. The van der Waals surface area contributed by atoms with Gasteiger partial charge in [-0.2, -0.15) is 5.10 Å². The van der Waals surface area contributed by atoms with Gasteiger partial charge in [-0.05, 0) is 34.7 Å². The molecule has 26 heavy (non-hydrogen) atoms. The van der Waals surface area contributed by atoms with E-state index in [1.54, 1.807) is 38.6 Å². The maximum absolute atomic E-state index is 12.1. The van der Waals surface area contributed by atoms with Gasteiger partial charge < -0.3 is 9.47 Å². The fourth-order valence-corrected chi connectivity index (χ4v) is 2.46. The van der Waals surface area contributed by atoms with Gasteiger partial charge in [0.1, 0.15) is 11.5 Å². The highest BCUT2D eigenvalue weighted by Gasteiger charge is 2.13. The van der Waals surface area contributed by atoms with E-state index >= 15 is 0 Å². The molecule has 2 aromatic carbocycles. The zero-order valence-corrected chi connectivity index (χ0v) is 16.0. The van der Waals surface area contributed by atoms with Crippen LogP contribution in [0.25, 0.3) is 0 Å². The van der Waals surface area contributed by atoms with Gasteiger partial charge >= 0.3 is 0 Å². The van der Waals surface area contributed by atoms with E-state index in [1.807, 2.05) is 12.1 Å². The van der Waals surface area contributed by atoms with Crippen molar-refractivity contribution in [3.05, 3.63) is 59.2 Å². The number of carbonyl (C=O) groups is 1. The van der Waals surface area contributed by atoms with E-state index in [0.717, 1.165) is 11.1 Å². The normalized spacial score (nSPS) is 11.4. The molecule has 5 heteroatoms. The lowest BCUT2D eigenvalue weighted by atomic mass is 9.86. The molecule has 0 saturated heterocycles. The summed E-state index contributed by atoms with van der Waals surface area (Å²) < 4.78 is 10.5. The van der Waals surface area contributed by atoms with Gasteiger partial charge in [-0.1, -0.05) is 45.0 Å². The Labute approximate surface area is 155 Å². The van der Waals surface area contributed by atoms with Crippen molar-refractivity contribution in [2.24, 2.45) is 5.10 Å². The molecule has 0 spiro atoms. The Morgan fingerprint density at radius 1 is 1.08 bits per heavy atom. The van der Waals surface area contributed by atoms with E-state index in [4.69, 9.17) is 9.47 Å². The fraction of sp³-hybridized carbons (Fsp3) is 0.333. The van der Waals surface area contributed by atoms with E-state index in [9.17, 15) is 4.79 Å². The van der Waals surface area contributed by atoms with Crippen LogP contribution in [0.5, 0.6) is 11.5 Å². The summed E-state index contributed by atoms with van der Waals surface area (Å²) in [5, 5.41) is 4.02. The lowest BCUT2D eigenvalue weighted by molar-refractivity contribution is -0.120. The van der Waals surface area contributed by atoms with Crippen LogP contribution in [0.1, 0.15) is 37.5 Å². The molecule has 1 amide bonds. The Kier molecular flexibility index (Phi) is 6.39. The summed E-state index contributed by atoms with van der Waals surface area (Å²) in [5.41, 5.74) is 5.56. The first kappa shape index (κ1) is 19.5. The number of nitrogens with zero attached hydrogens (tertiary/aromatic N) is 1. The second-order valence-corrected chi connectivity index (χ2v) is 7.02. The van der Waals surface area contributed by atoms with Gasteiger partial charge in [0, 0.05) is 5.56 Å². The number of benzene rings is 2. The summed E-state index contributed by atoms with van der Waals surface area (Å²) in [6.07, 6.45) is 1.82. The molecule has 0 atom stereocenters. The molecule has 0 aliphatic rings. The highest BCUT2D eigenvalue weighted by molar-refractivity contribution is 5.86. The third kappa shape index (κ3) is 5.34. The van der Waals surface area contributed by atoms with Gasteiger partial charge in [0.15, 0.2) is 0 Å². The van der Waals surface area contributed by atoms with Crippen molar-refractivity contribution in [2.45, 2.75) is 32.6 Å². The molecule has 2 aromatic rings. The maximum atomic E-state index is 12.1. The van der Waals surface area contributed by atoms with Crippen LogP contribution >= 0.6 is 0 Å². The van der Waals surface area contributed by atoms with E-state index in [0.29, 0.717) is 11.5 Å². The summed E-state index contributed by atoms with van der Waals surface area (Å²) in [4.78, 5) is 12.1. The molecule has 2 rings (SSSR count). The maximum Gasteiger partial charge on any atom is 0.244 e. The van der Waals surface area contributed by atoms with Crippen LogP contribution in [0.3, 0.4) is 0 Å². The van der Waals surface area contributed by atoms with Crippen molar-refractivity contribution >= 4 is 12.1 Å². The van der Waals surface area contributed by atoms with Crippen LogP contribution in [-0.2, 0) is 16.6 Å². The van der Waals surface area contributed by atoms with Gasteiger partial charge in [0.25, 0.3) is 0 Å². The molecule has 138 valence electrons. The molecule has 0 bridgehead atoms. The van der Waals surface area contributed by atoms with Crippen molar-refractivity contribution in [1.29, 1.82) is 0 Å². The summed E-state index contributed by atoms with van der Waals surface area (Å²) >= 11 is 0. The molecule has 0 radical (unpaired) electrons. The van der Waals surface area contributed by atoms with Gasteiger partial charge in [-0.3, -0.25) is 4.79 Å². The zero-order chi connectivity index (χ0) is 19.2. The van der Waals surface area contributed by atoms with Gasteiger partial charge in [0.2, 0.25) is 5.91 Å². The Balaban J connectivity index is 1.97. The van der Waals surface area contributed by atoms with Crippen LogP contribution in [0.15, 0.2) is 47.6 Å². The Morgan fingerprint density at radius 3 is 2.35 bits per heavy atom. The number of hydrogen-bond donors (Lipinski definition) is 1. The van der Waals surface area contributed by atoms with Crippen LogP contribution in [0.2, 0.25) is 0 Å². The van der Waals surface area contributed by atoms with E-state index in [1.165, 1.54) is 5.56 Å². The van der Waals surface area contributed by atoms with Crippen molar-refractivity contribution in [2.75, 3.05) is 14.2 Å². The summed E-state index contributed by atoms with van der Waals surface area (Å²) in [5.74, 6) is 1.17. The Bertz CT molecular complexity index is 775. The lowest BCUT2D eigenvalue weighted by Crippen LogP contribution is -2.20. The average molecular weight is 354 g/mol. The summed E-state index contributed by atoms with van der Waals surface area (Å²) in [6.45, 7) is 6.49. The fourth-order valence-electron chi connectivity index (χ4n) is 2.46. The Hall–Kier alpha value is -2.82. The SMILES string of the molecule is COc1ccc(OC)c(C=NNC(=O)Cc2ccc(C(C)(C)C)cc2)c1. The number of rotatable bonds is 6. The number of nitrogens with one attached hydrogen (secondary N) is 1. The van der Waals surface area contributed by atoms with Crippen molar-refractivity contribution in [3.8, 4) is 11.5 Å². The standard InChI is InChI=1S/C21H26N2O3/c1-21(2,3)17-8-6-15(7-9-17)12-20(24)23-22-14-16-13-18(25-4)10-11-19(16)26-5/h6-11,13-14H,12H2,1-5H3,(H,23,24). The minimum absolute atomic E-state index is 0.0981. The van der Waals surface area contributed by atoms with Crippen molar-refractivity contribution in [1.82, 2.24) is 5.43 Å². The van der Waals surface area contributed by atoms with E-state index < -0.39 is 0 Å². The minimum Gasteiger partial charge on any atom is -0.497 e. The highest BCUT2D eigenvalue weighted by Crippen LogP contribution is 2.23. The van der Waals surface area contributed by atoms with Gasteiger partial charge in [-0.15, -0.1) is 0 Å². The highest BCUT2D eigenvalue weighted by atomic mass is 16.5. The van der Waals surface area contributed by atoms with E-state index in [-0.39, 0.29) is 17.7 Å². The molecular weight excluding hydrogens is 328 g/mol. The first-order chi connectivity index (χ1) is 12.3. The first-order valence-electron chi connectivity index (χ1n) is 8.47. The molecular formula is C21H26N2O3. The molecule has 0 heterocycles. The number of carbonyl (C=O) groups excluding carboxylic acids is 1. The molecule has 5 nitrogen and oxygen atoms in total. The molecule has 0 saturated carbocycles. The smallest absolute Gasteiger partial charge is 0.244 e. The van der Waals surface area contributed by atoms with E-state index in [2.05, 4.69) is 43.4 Å². The number of ether oxygens (including phenoxy) is 2. The zero-order valence-electron chi connectivity index (χ0n) is 16.0. The van der Waals surface area contributed by atoms with Gasteiger partial charge in [-0.25, -0.2) is 5.43 Å². The lowest BCUT2D eigenvalue weighted by Gasteiger charge is -2.19. The van der Waals surface area contributed by atoms with Gasteiger partial charge in [0.05, 0.1) is 26.9 Å². The molecule has 0 aromatic heterocycles. The number of amides is 1. The number of hydrazone groups is 1. The predicted octanol–water partition coefficient (Wildman–Crippen LogP) is 3.69. The van der Waals surface area contributed by atoms with Crippen molar-refractivity contribution in [3.63, 3.8) is 0 Å². The average Bonchev–Trinajstić information content (AvgIpc) is 2.61. The summed E-state index contributed by atoms with van der Waals surface area (Å²) in [6, 6.07) is 13.5. The molecule has 0 unspecified atom stereocenters. The number of methoxy groups -OCH3 is 2.